The number of nitrogens with zero attached hydrogens (tertiary/aromatic N) is 2. The SMILES string of the molecule is O=C(N/N=C/c1ccccc1)c1cnc(C23CC4CC(CC(C4)C2)C3)[nH]1. The number of carbonyl (C=O) groups excluding carboxylic acids is 1. The molecule has 0 saturated heterocycles. The van der Waals surface area contributed by atoms with E-state index >= 15 is 0 Å². The van der Waals surface area contributed by atoms with E-state index in [0.717, 1.165) is 29.1 Å². The molecule has 5 heteroatoms. The lowest BCUT2D eigenvalue weighted by Crippen LogP contribution is -2.49. The number of carbonyl (C=O) groups is 1. The molecule has 4 saturated carbocycles. The molecule has 134 valence electrons. The highest BCUT2D eigenvalue weighted by Crippen LogP contribution is 2.60. The van der Waals surface area contributed by atoms with Gasteiger partial charge in [0, 0.05) is 5.41 Å². The van der Waals surface area contributed by atoms with Gasteiger partial charge in [0.05, 0.1) is 12.4 Å². The van der Waals surface area contributed by atoms with Gasteiger partial charge in [0.15, 0.2) is 0 Å². The van der Waals surface area contributed by atoms with E-state index in [9.17, 15) is 4.79 Å². The van der Waals surface area contributed by atoms with Gasteiger partial charge in [-0.15, -0.1) is 0 Å². The third-order valence-corrected chi connectivity index (χ3v) is 6.54. The highest BCUT2D eigenvalue weighted by atomic mass is 16.2. The molecule has 4 aliphatic carbocycles. The second kappa shape index (κ2) is 6.08. The number of benzene rings is 1. The van der Waals surface area contributed by atoms with Gasteiger partial charge in [-0.25, -0.2) is 10.4 Å². The van der Waals surface area contributed by atoms with Crippen molar-refractivity contribution in [3.63, 3.8) is 0 Å². The molecule has 1 amide bonds. The van der Waals surface area contributed by atoms with Gasteiger partial charge in [-0.1, -0.05) is 30.3 Å². The minimum Gasteiger partial charge on any atom is -0.337 e. The molecule has 0 unspecified atom stereocenters. The minimum absolute atomic E-state index is 0.181. The van der Waals surface area contributed by atoms with E-state index in [4.69, 9.17) is 0 Å². The summed E-state index contributed by atoms with van der Waals surface area (Å²) < 4.78 is 0. The molecule has 26 heavy (non-hydrogen) atoms. The lowest BCUT2D eigenvalue weighted by Gasteiger charge is -2.55. The Morgan fingerprint density at radius 3 is 2.42 bits per heavy atom. The zero-order valence-corrected chi connectivity index (χ0v) is 14.8. The molecular weight excluding hydrogens is 324 g/mol. The van der Waals surface area contributed by atoms with Crippen LogP contribution in [-0.4, -0.2) is 22.1 Å². The van der Waals surface area contributed by atoms with Gasteiger partial charge in [-0.05, 0) is 61.8 Å². The number of imidazole rings is 1. The first-order valence-electron chi connectivity index (χ1n) is 9.64. The van der Waals surface area contributed by atoms with Gasteiger partial charge in [-0.3, -0.25) is 4.79 Å². The fourth-order valence-corrected chi connectivity index (χ4v) is 5.87. The van der Waals surface area contributed by atoms with Crippen LogP contribution in [0.1, 0.15) is 60.4 Å². The molecular formula is C21H24N4O. The monoisotopic (exact) mass is 348 g/mol. The molecule has 4 fully saturated rings. The van der Waals surface area contributed by atoms with E-state index in [-0.39, 0.29) is 11.3 Å². The normalized spacial score (nSPS) is 32.2. The standard InChI is InChI=1S/C21H24N4O/c26-19(25-23-12-14-4-2-1-3-5-14)18-13-22-20(24-18)21-9-15-6-16(10-21)8-17(7-15)11-21/h1-5,12-13,15-17H,6-11H2,(H,22,24)(H,25,26)/b23-12+. The van der Waals surface area contributed by atoms with Crippen LogP contribution in [0.15, 0.2) is 41.6 Å². The minimum atomic E-state index is -0.236. The average molecular weight is 348 g/mol. The molecule has 0 atom stereocenters. The lowest BCUT2D eigenvalue weighted by molar-refractivity contribution is -0.00903. The van der Waals surface area contributed by atoms with Crippen LogP contribution in [0.25, 0.3) is 0 Å². The van der Waals surface area contributed by atoms with E-state index in [1.165, 1.54) is 38.5 Å². The fraction of sp³-hybridized carbons (Fsp3) is 0.476. The first-order chi connectivity index (χ1) is 12.7. The molecule has 2 N–H and O–H groups in total. The van der Waals surface area contributed by atoms with Crippen molar-refractivity contribution in [2.75, 3.05) is 0 Å². The Hall–Kier alpha value is -2.43. The van der Waals surface area contributed by atoms with Crippen molar-refractivity contribution < 1.29 is 4.79 Å². The third kappa shape index (κ3) is 2.75. The van der Waals surface area contributed by atoms with Crippen molar-refractivity contribution in [2.24, 2.45) is 22.9 Å². The Kier molecular flexibility index (Phi) is 3.69. The average Bonchev–Trinajstić information content (AvgIpc) is 3.13. The summed E-state index contributed by atoms with van der Waals surface area (Å²) in [5.74, 6) is 3.37. The number of rotatable bonds is 4. The van der Waals surface area contributed by atoms with Crippen molar-refractivity contribution >= 4 is 12.1 Å². The van der Waals surface area contributed by atoms with E-state index < -0.39 is 0 Å². The van der Waals surface area contributed by atoms with Crippen LogP contribution < -0.4 is 5.43 Å². The Labute approximate surface area is 153 Å². The van der Waals surface area contributed by atoms with Crippen LogP contribution in [0.4, 0.5) is 0 Å². The molecule has 1 heterocycles. The summed E-state index contributed by atoms with van der Waals surface area (Å²) in [6.07, 6.45) is 11.2. The van der Waals surface area contributed by atoms with E-state index in [2.05, 4.69) is 20.5 Å². The summed E-state index contributed by atoms with van der Waals surface area (Å²) in [6.45, 7) is 0. The quantitative estimate of drug-likeness (QED) is 0.654. The summed E-state index contributed by atoms with van der Waals surface area (Å²) in [5, 5.41) is 4.05. The number of hydrogen-bond acceptors (Lipinski definition) is 3. The zero-order valence-electron chi connectivity index (χ0n) is 14.8. The molecule has 4 bridgehead atoms. The molecule has 2 aromatic rings. The lowest BCUT2D eigenvalue weighted by atomic mass is 9.49. The summed E-state index contributed by atoms with van der Waals surface area (Å²) in [5.41, 5.74) is 4.23. The largest absolute Gasteiger partial charge is 0.337 e. The Morgan fingerprint density at radius 1 is 1.12 bits per heavy atom. The summed E-state index contributed by atoms with van der Waals surface area (Å²) >= 11 is 0. The molecule has 0 radical (unpaired) electrons. The predicted molar refractivity (Wildman–Crippen MR) is 99.9 cm³/mol. The Bertz CT molecular complexity index is 803. The van der Waals surface area contributed by atoms with E-state index in [1.807, 2.05) is 30.3 Å². The van der Waals surface area contributed by atoms with Crippen LogP contribution in [0.5, 0.6) is 0 Å². The van der Waals surface area contributed by atoms with Crippen molar-refractivity contribution in [1.29, 1.82) is 0 Å². The van der Waals surface area contributed by atoms with Crippen LogP contribution >= 0.6 is 0 Å². The maximum Gasteiger partial charge on any atom is 0.289 e. The summed E-state index contributed by atoms with van der Waals surface area (Å²) in [7, 11) is 0. The Morgan fingerprint density at radius 2 is 1.77 bits per heavy atom. The number of amides is 1. The summed E-state index contributed by atoms with van der Waals surface area (Å²) in [4.78, 5) is 20.3. The topological polar surface area (TPSA) is 70.1 Å². The van der Waals surface area contributed by atoms with Crippen LogP contribution in [-0.2, 0) is 5.41 Å². The van der Waals surface area contributed by atoms with Gasteiger partial charge >= 0.3 is 0 Å². The summed E-state index contributed by atoms with van der Waals surface area (Å²) in [6, 6.07) is 9.71. The van der Waals surface area contributed by atoms with Crippen LogP contribution in [0.2, 0.25) is 0 Å². The van der Waals surface area contributed by atoms with Gasteiger partial charge in [-0.2, -0.15) is 5.10 Å². The highest BCUT2D eigenvalue weighted by Gasteiger charge is 2.53. The number of hydrazone groups is 1. The third-order valence-electron chi connectivity index (χ3n) is 6.54. The first kappa shape index (κ1) is 15.8. The van der Waals surface area contributed by atoms with Crippen LogP contribution in [0, 0.1) is 17.8 Å². The van der Waals surface area contributed by atoms with E-state index in [0.29, 0.717) is 5.69 Å². The van der Waals surface area contributed by atoms with Gasteiger partial charge in [0.1, 0.15) is 11.5 Å². The van der Waals surface area contributed by atoms with E-state index in [1.54, 1.807) is 12.4 Å². The molecule has 1 aromatic carbocycles. The maximum atomic E-state index is 12.4. The molecule has 6 rings (SSSR count). The van der Waals surface area contributed by atoms with Crippen LogP contribution in [0.3, 0.4) is 0 Å². The van der Waals surface area contributed by atoms with Gasteiger partial charge in [0.25, 0.3) is 5.91 Å². The van der Waals surface area contributed by atoms with Crippen molar-refractivity contribution in [3.05, 3.63) is 53.6 Å². The molecule has 5 nitrogen and oxygen atoms in total. The Balaban J connectivity index is 1.29. The first-order valence-corrected chi connectivity index (χ1v) is 9.64. The molecule has 0 spiro atoms. The number of aromatic amines is 1. The smallest absolute Gasteiger partial charge is 0.289 e. The maximum absolute atomic E-state index is 12.4. The highest BCUT2D eigenvalue weighted by molar-refractivity contribution is 5.93. The van der Waals surface area contributed by atoms with Crippen molar-refractivity contribution in [3.8, 4) is 0 Å². The number of aromatic nitrogens is 2. The number of nitrogens with one attached hydrogen (secondary N) is 2. The van der Waals surface area contributed by atoms with Crippen molar-refractivity contribution in [2.45, 2.75) is 43.9 Å². The predicted octanol–water partition coefficient (Wildman–Crippen LogP) is 3.64. The number of H-pyrrole nitrogens is 1. The zero-order chi connectivity index (χ0) is 17.6. The van der Waals surface area contributed by atoms with Crippen molar-refractivity contribution in [1.82, 2.24) is 15.4 Å². The van der Waals surface area contributed by atoms with Gasteiger partial charge in [0.2, 0.25) is 0 Å². The fourth-order valence-electron chi connectivity index (χ4n) is 5.87. The second-order valence-electron chi connectivity index (χ2n) is 8.45. The second-order valence-corrected chi connectivity index (χ2v) is 8.45. The molecule has 0 aliphatic heterocycles. The molecule has 4 aliphatic rings. The van der Waals surface area contributed by atoms with Gasteiger partial charge < -0.3 is 4.98 Å². The number of hydrogen-bond donors (Lipinski definition) is 2. The molecule has 1 aromatic heterocycles.